The van der Waals surface area contributed by atoms with Crippen LogP contribution in [0.1, 0.15) is 11.4 Å². The highest BCUT2D eigenvalue weighted by atomic mass is 32.1. The molecule has 2 heterocycles. The lowest BCUT2D eigenvalue weighted by Gasteiger charge is -2.01. The highest BCUT2D eigenvalue weighted by molar-refractivity contribution is 7.13. The maximum absolute atomic E-state index is 10.8. The molecular weight excluding hydrogens is 224 g/mol. The molecule has 0 spiro atoms. The Hall–Kier alpha value is -1.62. The average Bonchev–Trinajstić information content (AvgIpc) is 2.75. The summed E-state index contributed by atoms with van der Waals surface area (Å²) in [5.41, 5.74) is 2.59. The van der Waals surface area contributed by atoms with Gasteiger partial charge in [-0.2, -0.15) is 5.10 Å². The van der Waals surface area contributed by atoms with Crippen LogP contribution >= 0.6 is 11.3 Å². The molecule has 84 valence electrons. The largest absolute Gasteiger partial charge is 0.481 e. The molecule has 2 aromatic heterocycles. The van der Waals surface area contributed by atoms with E-state index in [1.807, 2.05) is 24.4 Å². The van der Waals surface area contributed by atoms with Crippen molar-refractivity contribution in [1.29, 1.82) is 0 Å². The van der Waals surface area contributed by atoms with E-state index >= 15 is 0 Å². The van der Waals surface area contributed by atoms with Crippen molar-refractivity contribution in [3.8, 4) is 10.4 Å². The van der Waals surface area contributed by atoms with Crippen molar-refractivity contribution in [2.45, 2.75) is 13.3 Å². The van der Waals surface area contributed by atoms with Crippen LogP contribution in [0.25, 0.3) is 10.4 Å². The van der Waals surface area contributed by atoms with Crippen molar-refractivity contribution >= 4 is 17.3 Å². The Morgan fingerprint density at radius 2 is 2.38 bits per heavy atom. The molecule has 0 atom stereocenters. The molecule has 1 N–H and O–H groups in total. The van der Waals surface area contributed by atoms with E-state index in [1.165, 1.54) is 0 Å². The lowest BCUT2D eigenvalue weighted by Crippen LogP contribution is -2.06. The Morgan fingerprint density at radius 1 is 1.62 bits per heavy atom. The molecule has 0 bridgehead atoms. The molecule has 0 radical (unpaired) electrons. The van der Waals surface area contributed by atoms with Gasteiger partial charge in [-0.05, 0) is 18.4 Å². The van der Waals surface area contributed by atoms with Crippen LogP contribution in [0, 0.1) is 6.92 Å². The Labute approximate surface area is 97.2 Å². The predicted octanol–water partition coefficient (Wildman–Crippen LogP) is 2.08. The van der Waals surface area contributed by atoms with Crippen LogP contribution in [-0.2, 0) is 18.3 Å². The van der Waals surface area contributed by atoms with Gasteiger partial charge in [0.05, 0.1) is 17.8 Å². The molecule has 16 heavy (non-hydrogen) atoms. The third-order valence-corrected chi connectivity index (χ3v) is 3.31. The highest BCUT2D eigenvalue weighted by Crippen LogP contribution is 2.30. The van der Waals surface area contributed by atoms with E-state index in [9.17, 15) is 4.79 Å². The minimum absolute atomic E-state index is 0.00454. The van der Waals surface area contributed by atoms with Crippen molar-refractivity contribution in [3.63, 3.8) is 0 Å². The first kappa shape index (κ1) is 10.9. The smallest absolute Gasteiger partial charge is 0.309 e. The fourth-order valence-corrected chi connectivity index (χ4v) is 2.64. The van der Waals surface area contributed by atoms with Gasteiger partial charge in [-0.3, -0.25) is 9.48 Å². The highest BCUT2D eigenvalue weighted by Gasteiger charge is 2.17. The summed E-state index contributed by atoms with van der Waals surface area (Å²) in [4.78, 5) is 11.9. The number of carbonyl (C=O) groups is 1. The van der Waals surface area contributed by atoms with Gasteiger partial charge in [-0.15, -0.1) is 11.3 Å². The number of nitrogens with zero attached hydrogens (tertiary/aromatic N) is 2. The maximum atomic E-state index is 10.8. The topological polar surface area (TPSA) is 55.1 Å². The predicted molar refractivity (Wildman–Crippen MR) is 62.6 cm³/mol. The van der Waals surface area contributed by atoms with Crippen molar-refractivity contribution in [3.05, 3.63) is 28.9 Å². The van der Waals surface area contributed by atoms with Gasteiger partial charge in [0.2, 0.25) is 0 Å². The summed E-state index contributed by atoms with van der Waals surface area (Å²) >= 11 is 1.60. The number of carboxylic acid groups (broad SMARTS) is 1. The van der Waals surface area contributed by atoms with E-state index in [0.717, 1.165) is 21.8 Å². The maximum Gasteiger partial charge on any atom is 0.309 e. The second-order valence-electron chi connectivity index (χ2n) is 3.58. The number of aryl methyl sites for hydroxylation is 2. The summed E-state index contributed by atoms with van der Waals surface area (Å²) in [5.74, 6) is -0.833. The summed E-state index contributed by atoms with van der Waals surface area (Å²) < 4.78 is 1.65. The number of carboxylic acids is 1. The second kappa shape index (κ2) is 4.09. The van der Waals surface area contributed by atoms with E-state index in [4.69, 9.17) is 5.11 Å². The Bertz CT molecular complexity index is 514. The summed E-state index contributed by atoms with van der Waals surface area (Å²) in [5, 5.41) is 15.1. The number of hydrogen-bond donors (Lipinski definition) is 1. The molecule has 0 aliphatic heterocycles. The number of aromatic nitrogens is 2. The summed E-state index contributed by atoms with van der Waals surface area (Å²) in [6.07, 6.45) is 0.00454. The van der Waals surface area contributed by atoms with Gasteiger partial charge >= 0.3 is 5.97 Å². The molecule has 0 saturated heterocycles. The average molecular weight is 236 g/mol. The summed E-state index contributed by atoms with van der Waals surface area (Å²) in [6, 6.07) is 3.94. The molecule has 2 rings (SSSR count). The van der Waals surface area contributed by atoms with Crippen LogP contribution in [0.4, 0.5) is 0 Å². The van der Waals surface area contributed by atoms with Gasteiger partial charge in [0.1, 0.15) is 0 Å². The van der Waals surface area contributed by atoms with Crippen LogP contribution in [0.3, 0.4) is 0 Å². The minimum Gasteiger partial charge on any atom is -0.481 e. The van der Waals surface area contributed by atoms with Gasteiger partial charge < -0.3 is 5.11 Å². The van der Waals surface area contributed by atoms with E-state index in [-0.39, 0.29) is 6.42 Å². The van der Waals surface area contributed by atoms with Gasteiger partial charge in [0.25, 0.3) is 0 Å². The zero-order chi connectivity index (χ0) is 11.7. The lowest BCUT2D eigenvalue weighted by atomic mass is 10.1. The zero-order valence-corrected chi connectivity index (χ0v) is 9.91. The van der Waals surface area contributed by atoms with Crippen molar-refractivity contribution in [2.24, 2.45) is 7.05 Å². The first-order chi connectivity index (χ1) is 7.59. The van der Waals surface area contributed by atoms with Crippen molar-refractivity contribution in [2.75, 3.05) is 0 Å². The van der Waals surface area contributed by atoms with Crippen LogP contribution in [0.2, 0.25) is 0 Å². The Balaban J connectivity index is 2.55. The summed E-state index contributed by atoms with van der Waals surface area (Å²) in [6.45, 7) is 1.90. The third kappa shape index (κ3) is 1.86. The van der Waals surface area contributed by atoms with E-state index in [2.05, 4.69) is 5.10 Å². The van der Waals surface area contributed by atoms with E-state index in [0.29, 0.717) is 0 Å². The van der Waals surface area contributed by atoms with Crippen molar-refractivity contribution in [1.82, 2.24) is 9.78 Å². The number of rotatable bonds is 3. The zero-order valence-electron chi connectivity index (χ0n) is 9.10. The number of hydrogen-bond acceptors (Lipinski definition) is 3. The molecule has 0 unspecified atom stereocenters. The molecule has 4 nitrogen and oxygen atoms in total. The van der Waals surface area contributed by atoms with Gasteiger partial charge in [0.15, 0.2) is 0 Å². The van der Waals surface area contributed by atoms with Crippen molar-refractivity contribution < 1.29 is 9.90 Å². The lowest BCUT2D eigenvalue weighted by molar-refractivity contribution is -0.136. The second-order valence-corrected chi connectivity index (χ2v) is 4.53. The Kier molecular flexibility index (Phi) is 2.78. The fraction of sp³-hybridized carbons (Fsp3) is 0.273. The van der Waals surface area contributed by atoms with Crippen LogP contribution in [0.5, 0.6) is 0 Å². The standard InChI is InChI=1S/C11H12N2O2S/c1-7-11(9-4-3-5-16-9)8(6-10(14)15)13(2)12-7/h3-5H,6H2,1-2H3,(H,14,15). The molecule has 0 aliphatic carbocycles. The normalized spacial score (nSPS) is 10.6. The first-order valence-corrected chi connectivity index (χ1v) is 5.75. The molecule has 0 amide bonds. The molecule has 0 fully saturated rings. The van der Waals surface area contributed by atoms with Gasteiger partial charge in [-0.1, -0.05) is 6.07 Å². The van der Waals surface area contributed by atoms with E-state index < -0.39 is 5.97 Å². The quantitative estimate of drug-likeness (QED) is 0.887. The fourth-order valence-electron chi connectivity index (χ4n) is 1.79. The SMILES string of the molecule is Cc1nn(C)c(CC(=O)O)c1-c1cccs1. The minimum atomic E-state index is -0.833. The van der Waals surface area contributed by atoms with E-state index in [1.54, 1.807) is 23.1 Å². The molecule has 0 aromatic carbocycles. The molecule has 5 heteroatoms. The monoisotopic (exact) mass is 236 g/mol. The number of aliphatic carboxylic acids is 1. The molecule has 0 saturated carbocycles. The molecule has 0 aliphatic rings. The third-order valence-electron chi connectivity index (χ3n) is 2.43. The van der Waals surface area contributed by atoms with Crippen LogP contribution in [-0.4, -0.2) is 20.9 Å². The van der Waals surface area contributed by atoms with Gasteiger partial charge in [-0.25, -0.2) is 0 Å². The van der Waals surface area contributed by atoms with Crippen LogP contribution < -0.4 is 0 Å². The Morgan fingerprint density at radius 3 is 2.94 bits per heavy atom. The number of thiophene rings is 1. The first-order valence-electron chi connectivity index (χ1n) is 4.87. The summed E-state index contributed by atoms with van der Waals surface area (Å²) in [7, 11) is 1.78. The molecule has 2 aromatic rings. The van der Waals surface area contributed by atoms with Gasteiger partial charge in [0, 0.05) is 17.5 Å². The molecular formula is C11H12N2O2S. The van der Waals surface area contributed by atoms with Crippen LogP contribution in [0.15, 0.2) is 17.5 Å².